The molecule has 1 N–H and O–H groups in total. The Balaban J connectivity index is 1.54. The SMILES string of the molecule is Cc1cnc2c(S(=O)(=O)N3CCN(C(=O)c4ccc(=O)[nH]n4)CC3)cccc2c1. The van der Waals surface area contributed by atoms with Crippen molar-refractivity contribution >= 4 is 26.8 Å². The van der Waals surface area contributed by atoms with Crippen LogP contribution in [-0.4, -0.2) is 64.9 Å². The number of carbonyl (C=O) groups is 1. The maximum atomic E-state index is 13.2. The van der Waals surface area contributed by atoms with Crippen molar-refractivity contribution in [1.29, 1.82) is 0 Å². The first kappa shape index (κ1) is 19.2. The summed E-state index contributed by atoms with van der Waals surface area (Å²) in [5.41, 5.74) is 1.12. The second kappa shape index (κ2) is 7.37. The molecule has 9 nitrogen and oxygen atoms in total. The van der Waals surface area contributed by atoms with Crippen LogP contribution in [0.25, 0.3) is 10.9 Å². The van der Waals surface area contributed by atoms with Crippen LogP contribution in [0.3, 0.4) is 0 Å². The van der Waals surface area contributed by atoms with E-state index >= 15 is 0 Å². The van der Waals surface area contributed by atoms with Gasteiger partial charge in [0, 0.05) is 43.8 Å². The fraction of sp³-hybridized carbons (Fsp3) is 0.263. The number of aromatic amines is 1. The van der Waals surface area contributed by atoms with Gasteiger partial charge in [-0.1, -0.05) is 12.1 Å². The highest BCUT2D eigenvalue weighted by Crippen LogP contribution is 2.25. The first-order valence-corrected chi connectivity index (χ1v) is 10.5. The molecule has 1 fully saturated rings. The molecule has 0 radical (unpaired) electrons. The number of carbonyl (C=O) groups excluding carboxylic acids is 1. The molecule has 1 aliphatic heterocycles. The van der Waals surface area contributed by atoms with Gasteiger partial charge in [-0.25, -0.2) is 13.5 Å². The Morgan fingerprint density at radius 2 is 1.86 bits per heavy atom. The summed E-state index contributed by atoms with van der Waals surface area (Å²) in [6, 6.07) is 9.58. The highest BCUT2D eigenvalue weighted by Gasteiger charge is 2.32. The fourth-order valence-electron chi connectivity index (χ4n) is 3.35. The van der Waals surface area contributed by atoms with Crippen LogP contribution in [-0.2, 0) is 10.0 Å². The lowest BCUT2D eigenvalue weighted by Crippen LogP contribution is -2.50. The number of pyridine rings is 1. The Hall–Kier alpha value is -3.11. The van der Waals surface area contributed by atoms with Gasteiger partial charge in [-0.15, -0.1) is 0 Å². The Morgan fingerprint density at radius 3 is 2.55 bits per heavy atom. The molecule has 0 bridgehead atoms. The van der Waals surface area contributed by atoms with Crippen LogP contribution in [0.5, 0.6) is 0 Å². The third-order valence-corrected chi connectivity index (χ3v) is 6.78. The minimum atomic E-state index is -3.75. The molecular weight excluding hydrogens is 394 g/mol. The quantitative estimate of drug-likeness (QED) is 0.678. The highest BCUT2D eigenvalue weighted by molar-refractivity contribution is 7.89. The Kier molecular flexibility index (Phi) is 4.89. The van der Waals surface area contributed by atoms with Crippen LogP contribution in [0.2, 0.25) is 0 Å². The van der Waals surface area contributed by atoms with E-state index < -0.39 is 15.6 Å². The Labute approximate surface area is 167 Å². The summed E-state index contributed by atoms with van der Waals surface area (Å²) < 4.78 is 27.8. The monoisotopic (exact) mass is 413 g/mol. The molecule has 3 heterocycles. The van der Waals surface area contributed by atoms with E-state index in [2.05, 4.69) is 15.2 Å². The van der Waals surface area contributed by atoms with Crippen molar-refractivity contribution in [2.75, 3.05) is 26.2 Å². The number of benzene rings is 1. The predicted molar refractivity (Wildman–Crippen MR) is 106 cm³/mol. The zero-order valence-corrected chi connectivity index (χ0v) is 16.5. The summed E-state index contributed by atoms with van der Waals surface area (Å²) in [6.45, 7) is 2.70. The topological polar surface area (TPSA) is 116 Å². The van der Waals surface area contributed by atoms with Gasteiger partial charge in [-0.3, -0.25) is 14.6 Å². The number of sulfonamides is 1. The van der Waals surface area contributed by atoms with Gasteiger partial charge in [0.1, 0.15) is 10.6 Å². The third-order valence-electron chi connectivity index (χ3n) is 4.85. The fourth-order valence-corrected chi connectivity index (χ4v) is 4.93. The van der Waals surface area contributed by atoms with Gasteiger partial charge in [-0.05, 0) is 30.7 Å². The average molecular weight is 413 g/mol. The summed E-state index contributed by atoms with van der Waals surface area (Å²) in [7, 11) is -3.75. The van der Waals surface area contributed by atoms with E-state index in [0.717, 1.165) is 10.9 Å². The molecule has 1 saturated heterocycles. The number of amides is 1. The van der Waals surface area contributed by atoms with Gasteiger partial charge in [0.05, 0.1) is 5.52 Å². The lowest BCUT2D eigenvalue weighted by Gasteiger charge is -2.33. The maximum absolute atomic E-state index is 13.2. The molecule has 10 heteroatoms. The lowest BCUT2D eigenvalue weighted by molar-refractivity contribution is 0.0690. The van der Waals surface area contributed by atoms with Crippen LogP contribution in [0.15, 0.2) is 52.3 Å². The van der Waals surface area contributed by atoms with E-state index in [1.807, 2.05) is 19.1 Å². The average Bonchev–Trinajstić information content (AvgIpc) is 2.73. The predicted octanol–water partition coefficient (Wildman–Crippen LogP) is 0.773. The van der Waals surface area contributed by atoms with E-state index in [1.54, 1.807) is 18.3 Å². The van der Waals surface area contributed by atoms with Crippen LogP contribution in [0.4, 0.5) is 0 Å². The van der Waals surface area contributed by atoms with Crippen LogP contribution in [0, 0.1) is 6.92 Å². The molecule has 29 heavy (non-hydrogen) atoms. The summed E-state index contributed by atoms with van der Waals surface area (Å²) in [5, 5.41) is 6.74. The summed E-state index contributed by atoms with van der Waals surface area (Å²) in [4.78, 5) is 29.6. The van der Waals surface area contributed by atoms with Crippen molar-refractivity contribution in [2.45, 2.75) is 11.8 Å². The number of piperazine rings is 1. The number of nitrogens with zero attached hydrogens (tertiary/aromatic N) is 4. The molecule has 0 spiro atoms. The molecule has 3 aromatic rings. The van der Waals surface area contributed by atoms with Crippen molar-refractivity contribution in [3.05, 3.63) is 64.2 Å². The van der Waals surface area contributed by atoms with E-state index in [-0.39, 0.29) is 42.7 Å². The molecule has 1 aromatic carbocycles. The second-order valence-corrected chi connectivity index (χ2v) is 8.75. The number of H-pyrrole nitrogens is 1. The van der Waals surface area contributed by atoms with Crippen LogP contribution >= 0.6 is 0 Å². The molecule has 0 aliphatic carbocycles. The molecule has 1 amide bonds. The smallest absolute Gasteiger partial charge is 0.274 e. The summed E-state index contributed by atoms with van der Waals surface area (Å²) in [6.07, 6.45) is 1.65. The molecular formula is C19H19N5O4S. The maximum Gasteiger partial charge on any atom is 0.274 e. The number of fused-ring (bicyclic) bond motifs is 1. The van der Waals surface area contributed by atoms with Gasteiger partial charge in [0.15, 0.2) is 0 Å². The summed E-state index contributed by atoms with van der Waals surface area (Å²) in [5.74, 6) is -0.347. The van der Waals surface area contributed by atoms with E-state index in [9.17, 15) is 18.0 Å². The minimum absolute atomic E-state index is 0.120. The normalized spacial score (nSPS) is 15.6. The van der Waals surface area contributed by atoms with Crippen molar-refractivity contribution in [1.82, 2.24) is 24.4 Å². The number of aromatic nitrogens is 3. The number of nitrogens with one attached hydrogen (secondary N) is 1. The standard InChI is InChI=1S/C19H19N5O4S/c1-13-11-14-3-2-4-16(18(14)20-12-13)29(27,28)24-9-7-23(8-10-24)19(26)15-5-6-17(25)22-21-15/h2-6,11-12H,7-10H2,1H3,(H,22,25). The minimum Gasteiger partial charge on any atom is -0.335 e. The van der Waals surface area contributed by atoms with Crippen molar-refractivity contribution in [3.63, 3.8) is 0 Å². The van der Waals surface area contributed by atoms with E-state index in [1.165, 1.54) is 21.3 Å². The van der Waals surface area contributed by atoms with Gasteiger partial charge >= 0.3 is 0 Å². The van der Waals surface area contributed by atoms with Crippen LogP contribution < -0.4 is 5.56 Å². The second-order valence-electron chi connectivity index (χ2n) is 6.84. The molecule has 4 rings (SSSR count). The van der Waals surface area contributed by atoms with Crippen molar-refractivity contribution in [2.24, 2.45) is 0 Å². The molecule has 150 valence electrons. The largest absolute Gasteiger partial charge is 0.335 e. The van der Waals surface area contributed by atoms with Gasteiger partial charge in [0.2, 0.25) is 10.0 Å². The zero-order chi connectivity index (χ0) is 20.6. The Morgan fingerprint density at radius 1 is 1.10 bits per heavy atom. The zero-order valence-electron chi connectivity index (χ0n) is 15.7. The number of aryl methyl sites for hydroxylation is 1. The van der Waals surface area contributed by atoms with Crippen molar-refractivity contribution in [3.8, 4) is 0 Å². The van der Waals surface area contributed by atoms with Gasteiger partial charge in [-0.2, -0.15) is 9.40 Å². The number of rotatable bonds is 3. The van der Waals surface area contributed by atoms with Crippen LogP contribution in [0.1, 0.15) is 16.1 Å². The molecule has 0 atom stereocenters. The van der Waals surface area contributed by atoms with E-state index in [4.69, 9.17) is 0 Å². The third kappa shape index (κ3) is 3.64. The molecule has 0 unspecified atom stereocenters. The van der Waals surface area contributed by atoms with Crippen molar-refractivity contribution < 1.29 is 13.2 Å². The van der Waals surface area contributed by atoms with Gasteiger partial charge < -0.3 is 4.90 Å². The van der Waals surface area contributed by atoms with E-state index in [0.29, 0.717) is 5.52 Å². The lowest BCUT2D eigenvalue weighted by atomic mass is 10.2. The van der Waals surface area contributed by atoms with Gasteiger partial charge in [0.25, 0.3) is 11.5 Å². The summed E-state index contributed by atoms with van der Waals surface area (Å²) >= 11 is 0. The first-order chi connectivity index (χ1) is 13.9. The highest BCUT2D eigenvalue weighted by atomic mass is 32.2. The number of hydrogen-bond donors (Lipinski definition) is 1. The Bertz CT molecular complexity index is 1230. The first-order valence-electron chi connectivity index (χ1n) is 9.07. The molecule has 2 aromatic heterocycles. The molecule has 0 saturated carbocycles. The molecule has 1 aliphatic rings. The number of hydrogen-bond acceptors (Lipinski definition) is 6. The number of para-hydroxylation sites is 1.